The smallest absolute Gasteiger partial charge is 0.243 e. The minimum atomic E-state index is -3.62. The van der Waals surface area contributed by atoms with Crippen molar-refractivity contribution in [3.63, 3.8) is 0 Å². The number of hydrogen-bond acceptors (Lipinski definition) is 4. The molecule has 2 heterocycles. The largest absolute Gasteiger partial charge is 0.340 e. The SMILES string of the molecule is Cc1cc(S(=O)(=O)N2CCN(C(=O)[C@H]3CC(=O)Nc4ccccc43)CC2)ccc1Br. The van der Waals surface area contributed by atoms with E-state index in [0.29, 0.717) is 18.8 Å². The number of amides is 2. The number of carbonyl (C=O) groups excluding carboxylic acids is 2. The topological polar surface area (TPSA) is 86.8 Å². The van der Waals surface area contributed by atoms with E-state index in [0.717, 1.165) is 15.6 Å². The molecule has 30 heavy (non-hydrogen) atoms. The van der Waals surface area contributed by atoms with Crippen LogP contribution in [0.25, 0.3) is 0 Å². The summed E-state index contributed by atoms with van der Waals surface area (Å²) in [6.07, 6.45) is 0.104. The van der Waals surface area contributed by atoms with E-state index in [1.54, 1.807) is 29.2 Å². The molecule has 0 spiro atoms. The summed E-state index contributed by atoms with van der Waals surface area (Å²) in [7, 11) is -3.62. The number of benzene rings is 2. The number of hydrogen-bond donors (Lipinski definition) is 1. The fourth-order valence-electron chi connectivity index (χ4n) is 3.93. The molecule has 0 unspecified atom stereocenters. The van der Waals surface area contributed by atoms with Gasteiger partial charge in [-0.2, -0.15) is 4.31 Å². The molecule has 0 saturated carbocycles. The predicted octanol–water partition coefficient (Wildman–Crippen LogP) is 2.72. The van der Waals surface area contributed by atoms with Crippen molar-refractivity contribution in [2.45, 2.75) is 24.2 Å². The molecule has 7 nitrogen and oxygen atoms in total. The number of nitrogens with one attached hydrogen (secondary N) is 1. The molecule has 158 valence electrons. The summed E-state index contributed by atoms with van der Waals surface area (Å²) >= 11 is 3.39. The molecule has 1 saturated heterocycles. The fourth-order valence-corrected chi connectivity index (χ4v) is 5.68. The fraction of sp³-hybridized carbons (Fsp3) is 0.333. The highest BCUT2D eigenvalue weighted by molar-refractivity contribution is 9.10. The van der Waals surface area contributed by atoms with Crippen molar-refractivity contribution < 1.29 is 18.0 Å². The molecule has 0 radical (unpaired) electrons. The number of nitrogens with zero attached hydrogens (tertiary/aromatic N) is 2. The summed E-state index contributed by atoms with van der Waals surface area (Å²) in [5, 5.41) is 2.80. The summed E-state index contributed by atoms with van der Waals surface area (Å²) in [6.45, 7) is 2.90. The Hall–Kier alpha value is -2.23. The number of sulfonamides is 1. The summed E-state index contributed by atoms with van der Waals surface area (Å²) in [6, 6.07) is 12.3. The maximum absolute atomic E-state index is 13.1. The number of para-hydroxylation sites is 1. The number of aryl methyl sites for hydroxylation is 1. The van der Waals surface area contributed by atoms with Gasteiger partial charge in [-0.05, 0) is 42.3 Å². The summed E-state index contributed by atoms with van der Waals surface area (Å²) in [4.78, 5) is 27.1. The van der Waals surface area contributed by atoms with Crippen molar-refractivity contribution in [3.05, 3.63) is 58.1 Å². The molecule has 2 aromatic carbocycles. The van der Waals surface area contributed by atoms with Gasteiger partial charge < -0.3 is 10.2 Å². The first kappa shape index (κ1) is 21.0. The van der Waals surface area contributed by atoms with Gasteiger partial charge in [0.15, 0.2) is 0 Å². The van der Waals surface area contributed by atoms with E-state index in [-0.39, 0.29) is 36.2 Å². The Balaban J connectivity index is 1.48. The molecule has 0 bridgehead atoms. The van der Waals surface area contributed by atoms with Crippen LogP contribution in [0, 0.1) is 6.92 Å². The van der Waals surface area contributed by atoms with Crippen molar-refractivity contribution in [1.29, 1.82) is 0 Å². The van der Waals surface area contributed by atoms with E-state index >= 15 is 0 Å². The van der Waals surface area contributed by atoms with Gasteiger partial charge in [-0.1, -0.05) is 34.1 Å². The molecular weight excluding hydrogens is 470 g/mol. The second-order valence-corrected chi connectivity index (χ2v) is 10.3. The highest BCUT2D eigenvalue weighted by Gasteiger charge is 2.36. The standard InChI is InChI=1S/C21H22BrN3O4S/c1-14-12-15(6-7-18(14)22)30(28,29)25-10-8-24(9-11-25)21(27)17-13-20(26)23-19-5-3-2-4-16(17)19/h2-7,12,17H,8-11,13H2,1H3,(H,23,26)/t17-/m0/s1. The Morgan fingerprint density at radius 2 is 1.80 bits per heavy atom. The van der Waals surface area contributed by atoms with Crippen molar-refractivity contribution in [1.82, 2.24) is 9.21 Å². The Morgan fingerprint density at radius 1 is 1.10 bits per heavy atom. The van der Waals surface area contributed by atoms with Crippen molar-refractivity contribution in [3.8, 4) is 0 Å². The lowest BCUT2D eigenvalue weighted by Gasteiger charge is -2.36. The second-order valence-electron chi connectivity index (χ2n) is 7.53. The predicted molar refractivity (Wildman–Crippen MR) is 117 cm³/mol. The van der Waals surface area contributed by atoms with Crippen LogP contribution in [0.2, 0.25) is 0 Å². The van der Waals surface area contributed by atoms with Gasteiger partial charge in [-0.3, -0.25) is 9.59 Å². The summed E-state index contributed by atoms with van der Waals surface area (Å²) in [5.41, 5.74) is 2.32. The average Bonchev–Trinajstić information content (AvgIpc) is 2.74. The number of rotatable bonds is 3. The van der Waals surface area contributed by atoms with E-state index in [9.17, 15) is 18.0 Å². The molecule has 2 aromatic rings. The van der Waals surface area contributed by atoms with Crippen LogP contribution >= 0.6 is 15.9 Å². The van der Waals surface area contributed by atoms with Gasteiger partial charge >= 0.3 is 0 Å². The van der Waals surface area contributed by atoms with E-state index in [1.807, 2.05) is 25.1 Å². The highest BCUT2D eigenvalue weighted by Crippen LogP contribution is 2.33. The van der Waals surface area contributed by atoms with Crippen LogP contribution in [-0.2, 0) is 19.6 Å². The van der Waals surface area contributed by atoms with Crippen LogP contribution in [0.3, 0.4) is 0 Å². The van der Waals surface area contributed by atoms with Gasteiger partial charge in [0.25, 0.3) is 0 Å². The van der Waals surface area contributed by atoms with Crippen molar-refractivity contribution in [2.24, 2.45) is 0 Å². The third-order valence-electron chi connectivity index (χ3n) is 5.62. The number of fused-ring (bicyclic) bond motifs is 1. The van der Waals surface area contributed by atoms with E-state index < -0.39 is 15.9 Å². The Bertz CT molecular complexity index is 1110. The molecule has 0 aromatic heterocycles. The maximum atomic E-state index is 13.1. The van der Waals surface area contributed by atoms with Crippen LogP contribution in [0.4, 0.5) is 5.69 Å². The van der Waals surface area contributed by atoms with Gasteiger partial charge in [-0.25, -0.2) is 8.42 Å². The van der Waals surface area contributed by atoms with Crippen LogP contribution in [-0.4, -0.2) is 55.6 Å². The zero-order chi connectivity index (χ0) is 21.5. The summed E-state index contributed by atoms with van der Waals surface area (Å²) in [5.74, 6) is -0.847. The van der Waals surface area contributed by atoms with Crippen molar-refractivity contribution in [2.75, 3.05) is 31.5 Å². The molecule has 2 aliphatic rings. The quantitative estimate of drug-likeness (QED) is 0.714. The molecule has 0 aliphatic carbocycles. The second kappa shape index (κ2) is 8.13. The molecule has 2 amide bonds. The third-order valence-corrected chi connectivity index (χ3v) is 8.40. The molecule has 1 fully saturated rings. The zero-order valence-corrected chi connectivity index (χ0v) is 18.9. The number of halogens is 1. The lowest BCUT2D eigenvalue weighted by molar-refractivity contribution is -0.136. The third kappa shape index (κ3) is 3.89. The average molecular weight is 492 g/mol. The summed E-state index contributed by atoms with van der Waals surface area (Å²) < 4.78 is 28.3. The molecule has 2 aliphatic heterocycles. The lowest BCUT2D eigenvalue weighted by atomic mass is 9.89. The Kier molecular flexibility index (Phi) is 5.69. The molecular formula is C21H22BrN3O4S. The van der Waals surface area contributed by atoms with Gasteiger partial charge in [0.05, 0.1) is 10.8 Å². The van der Waals surface area contributed by atoms with Gasteiger partial charge in [-0.15, -0.1) is 0 Å². The van der Waals surface area contributed by atoms with E-state index in [1.165, 1.54) is 4.31 Å². The minimum absolute atomic E-state index is 0.104. The van der Waals surface area contributed by atoms with Gasteiger partial charge in [0, 0.05) is 42.8 Å². The van der Waals surface area contributed by atoms with E-state index in [2.05, 4.69) is 21.2 Å². The van der Waals surface area contributed by atoms with Gasteiger partial charge in [0.1, 0.15) is 0 Å². The first-order valence-corrected chi connectivity index (χ1v) is 11.9. The minimum Gasteiger partial charge on any atom is -0.340 e. The van der Waals surface area contributed by atoms with E-state index in [4.69, 9.17) is 0 Å². The first-order valence-electron chi connectivity index (χ1n) is 9.71. The number of piperazine rings is 1. The van der Waals surface area contributed by atoms with Crippen molar-refractivity contribution >= 4 is 43.5 Å². The van der Waals surface area contributed by atoms with Crippen LogP contribution in [0.15, 0.2) is 51.8 Å². The Labute approximate surface area is 184 Å². The number of anilines is 1. The van der Waals surface area contributed by atoms with Gasteiger partial charge in [0.2, 0.25) is 21.8 Å². The van der Waals surface area contributed by atoms with Crippen LogP contribution < -0.4 is 5.32 Å². The normalized spacial score (nSPS) is 19.9. The molecule has 1 N–H and O–H groups in total. The van der Waals surface area contributed by atoms with Crippen LogP contribution in [0.5, 0.6) is 0 Å². The number of carbonyl (C=O) groups is 2. The maximum Gasteiger partial charge on any atom is 0.243 e. The lowest BCUT2D eigenvalue weighted by Crippen LogP contribution is -2.52. The molecule has 4 rings (SSSR count). The molecule has 9 heteroatoms. The zero-order valence-electron chi connectivity index (χ0n) is 16.5. The molecule has 1 atom stereocenters. The monoisotopic (exact) mass is 491 g/mol. The highest BCUT2D eigenvalue weighted by atomic mass is 79.9. The first-order chi connectivity index (χ1) is 14.3. The Morgan fingerprint density at radius 3 is 2.50 bits per heavy atom. The van der Waals surface area contributed by atoms with Crippen LogP contribution in [0.1, 0.15) is 23.5 Å².